The first-order valence-corrected chi connectivity index (χ1v) is 10.1. The Morgan fingerprint density at radius 2 is 1.09 bits per heavy atom. The zero-order chi connectivity index (χ0) is 24.1. The molecule has 3 aromatic carbocycles. The van der Waals surface area contributed by atoms with Crippen LogP contribution in [-0.2, 0) is 0 Å². The first kappa shape index (κ1) is 21.3. The normalized spacial score (nSPS) is 11.5. The number of aromatic amines is 2. The second-order valence-electron chi connectivity index (χ2n) is 7.76. The van der Waals surface area contributed by atoms with Gasteiger partial charge in [-0.1, -0.05) is 24.3 Å². The Morgan fingerprint density at radius 3 is 1.53 bits per heavy atom. The van der Waals surface area contributed by atoms with E-state index in [-0.39, 0.29) is 27.4 Å². The fraction of sp³-hybridized carbons (Fsp3) is 0.0400. The number of H-pyrrole nitrogens is 2. The third-order valence-corrected chi connectivity index (χ3v) is 5.78. The quantitative estimate of drug-likeness (QED) is 0.298. The van der Waals surface area contributed by atoms with Crippen molar-refractivity contribution in [2.24, 2.45) is 0 Å². The Bertz CT molecular complexity index is 1600. The largest absolute Gasteiger partial charge is 0.507 e. The van der Waals surface area contributed by atoms with Crippen molar-refractivity contribution in [3.63, 3.8) is 0 Å². The summed E-state index contributed by atoms with van der Waals surface area (Å²) in [7, 11) is 0. The molecule has 0 spiro atoms. The molecule has 2 heterocycles. The average molecular weight is 464 g/mol. The summed E-state index contributed by atoms with van der Waals surface area (Å²) in [6.45, 7) is 0. The van der Waals surface area contributed by atoms with E-state index >= 15 is 0 Å². The number of benzene rings is 3. The van der Waals surface area contributed by atoms with E-state index in [9.17, 15) is 33.0 Å². The minimum atomic E-state index is -1.74. The number of nitrogens with one attached hydrogen (secondary N) is 2. The van der Waals surface area contributed by atoms with Crippen LogP contribution in [0.25, 0.3) is 21.8 Å². The predicted octanol–water partition coefficient (Wildman–Crippen LogP) is 4.38. The van der Waals surface area contributed by atoms with Crippen molar-refractivity contribution in [3.05, 3.63) is 116 Å². The number of pyridine rings is 2. The van der Waals surface area contributed by atoms with E-state index in [1.165, 1.54) is 24.3 Å². The summed E-state index contributed by atoms with van der Waals surface area (Å²) in [6, 6.07) is 13.7. The van der Waals surface area contributed by atoms with Gasteiger partial charge in [0.1, 0.15) is 11.5 Å². The van der Waals surface area contributed by atoms with Crippen molar-refractivity contribution in [1.29, 1.82) is 0 Å². The molecule has 0 amide bonds. The number of rotatable bonds is 3. The summed E-state index contributed by atoms with van der Waals surface area (Å²) < 4.78 is 42.2. The summed E-state index contributed by atoms with van der Waals surface area (Å²) in [6.07, 6.45) is 0. The highest BCUT2D eigenvalue weighted by Crippen LogP contribution is 2.41. The molecule has 34 heavy (non-hydrogen) atoms. The van der Waals surface area contributed by atoms with Gasteiger partial charge in [0, 0.05) is 10.8 Å². The van der Waals surface area contributed by atoms with Crippen molar-refractivity contribution < 1.29 is 23.4 Å². The molecule has 170 valence electrons. The zero-order valence-corrected chi connectivity index (χ0v) is 17.2. The Hall–Kier alpha value is -4.53. The third-order valence-electron chi connectivity index (χ3n) is 5.78. The van der Waals surface area contributed by atoms with E-state index in [2.05, 4.69) is 9.97 Å². The lowest BCUT2D eigenvalue weighted by atomic mass is 9.84. The topological polar surface area (TPSA) is 106 Å². The molecule has 0 saturated heterocycles. The zero-order valence-electron chi connectivity index (χ0n) is 17.2. The summed E-state index contributed by atoms with van der Waals surface area (Å²) in [5.41, 5.74) is -2.42. The molecule has 0 aliphatic carbocycles. The van der Waals surface area contributed by atoms with Gasteiger partial charge in [-0.15, -0.1) is 0 Å². The van der Waals surface area contributed by atoms with Crippen LogP contribution in [0.1, 0.15) is 22.6 Å². The van der Waals surface area contributed by atoms with Crippen molar-refractivity contribution in [2.45, 2.75) is 5.92 Å². The van der Waals surface area contributed by atoms with Gasteiger partial charge in [-0.05, 0) is 42.0 Å². The number of halogens is 3. The van der Waals surface area contributed by atoms with E-state index < -0.39 is 57.1 Å². The predicted molar refractivity (Wildman–Crippen MR) is 120 cm³/mol. The van der Waals surface area contributed by atoms with Crippen molar-refractivity contribution in [2.75, 3.05) is 0 Å². The van der Waals surface area contributed by atoms with Crippen LogP contribution in [0.5, 0.6) is 11.5 Å². The molecule has 0 aliphatic rings. The van der Waals surface area contributed by atoms with E-state index in [1.54, 1.807) is 24.3 Å². The molecule has 0 bridgehead atoms. The lowest BCUT2D eigenvalue weighted by Crippen LogP contribution is -2.24. The second kappa shape index (κ2) is 7.80. The first-order valence-electron chi connectivity index (χ1n) is 10.1. The maximum absolute atomic E-state index is 14.2. The van der Waals surface area contributed by atoms with Crippen LogP contribution in [0, 0.1) is 17.5 Å². The summed E-state index contributed by atoms with van der Waals surface area (Å²) >= 11 is 0. The standard InChI is InChI=1S/C25H15F3N2O4/c26-14-9-11(10-15(27)21(14)28)18(19-22(31)12-5-1-3-7-16(12)29-24(19)33)20-23(32)13-6-2-4-8-17(13)30-25(20)34/h1-10,18H,(H2,29,31,33)(H2,30,32,34). The average Bonchev–Trinajstić information content (AvgIpc) is 2.81. The number of fused-ring (bicyclic) bond motifs is 2. The van der Waals surface area contributed by atoms with Crippen molar-refractivity contribution in [3.8, 4) is 11.5 Å². The smallest absolute Gasteiger partial charge is 0.256 e. The second-order valence-corrected chi connectivity index (χ2v) is 7.76. The monoisotopic (exact) mass is 464 g/mol. The van der Waals surface area contributed by atoms with E-state index in [1.807, 2.05) is 0 Å². The number of aromatic hydroxyl groups is 2. The van der Waals surface area contributed by atoms with Crippen LogP contribution in [0.2, 0.25) is 0 Å². The summed E-state index contributed by atoms with van der Waals surface area (Å²) in [5.74, 6) is -7.62. The van der Waals surface area contributed by atoms with E-state index in [0.29, 0.717) is 12.1 Å². The summed E-state index contributed by atoms with van der Waals surface area (Å²) in [4.78, 5) is 31.3. The van der Waals surface area contributed by atoms with E-state index in [0.717, 1.165) is 0 Å². The van der Waals surface area contributed by atoms with Crippen LogP contribution in [0.3, 0.4) is 0 Å². The highest BCUT2D eigenvalue weighted by molar-refractivity contribution is 5.88. The van der Waals surface area contributed by atoms with Gasteiger partial charge in [0.05, 0.1) is 28.1 Å². The number of hydrogen-bond donors (Lipinski definition) is 4. The molecule has 6 nitrogen and oxygen atoms in total. The molecule has 0 aliphatic heterocycles. The molecule has 2 aromatic heterocycles. The van der Waals surface area contributed by atoms with Gasteiger partial charge in [0.25, 0.3) is 11.1 Å². The molecule has 0 radical (unpaired) electrons. The minimum Gasteiger partial charge on any atom is -0.507 e. The van der Waals surface area contributed by atoms with Crippen LogP contribution >= 0.6 is 0 Å². The fourth-order valence-corrected chi connectivity index (χ4v) is 4.24. The SMILES string of the molecule is O=c1[nH]c2ccccc2c(O)c1C(c1cc(F)c(F)c(F)c1)c1c(O)c2ccccc2[nH]c1=O. The van der Waals surface area contributed by atoms with Gasteiger partial charge >= 0.3 is 0 Å². The maximum Gasteiger partial charge on any atom is 0.256 e. The van der Waals surface area contributed by atoms with Crippen LogP contribution in [0.15, 0.2) is 70.3 Å². The molecular weight excluding hydrogens is 449 g/mol. The Labute approximate surface area is 188 Å². The number of aromatic nitrogens is 2. The number of hydrogen-bond acceptors (Lipinski definition) is 4. The van der Waals surface area contributed by atoms with Crippen molar-refractivity contribution in [1.82, 2.24) is 9.97 Å². The van der Waals surface area contributed by atoms with Crippen LogP contribution in [-0.4, -0.2) is 20.2 Å². The van der Waals surface area contributed by atoms with E-state index in [4.69, 9.17) is 0 Å². The lowest BCUT2D eigenvalue weighted by Gasteiger charge is -2.21. The molecule has 5 rings (SSSR count). The van der Waals surface area contributed by atoms with Crippen molar-refractivity contribution >= 4 is 21.8 Å². The molecule has 5 aromatic rings. The fourth-order valence-electron chi connectivity index (χ4n) is 4.24. The molecule has 0 atom stereocenters. The molecule has 0 unspecified atom stereocenters. The minimum absolute atomic E-state index is 0.196. The Morgan fingerprint density at radius 1 is 0.676 bits per heavy atom. The van der Waals surface area contributed by atoms with Gasteiger partial charge in [-0.3, -0.25) is 9.59 Å². The number of para-hydroxylation sites is 2. The molecule has 9 heteroatoms. The molecule has 0 saturated carbocycles. The molecule has 0 fully saturated rings. The van der Waals surface area contributed by atoms with Gasteiger partial charge < -0.3 is 20.2 Å². The van der Waals surface area contributed by atoms with Gasteiger partial charge in [-0.25, -0.2) is 13.2 Å². The lowest BCUT2D eigenvalue weighted by molar-refractivity contribution is 0.442. The Kier molecular flexibility index (Phi) is 4.89. The van der Waals surface area contributed by atoms with Gasteiger partial charge in [0.15, 0.2) is 17.5 Å². The molecule has 4 N–H and O–H groups in total. The van der Waals surface area contributed by atoms with Crippen LogP contribution in [0.4, 0.5) is 13.2 Å². The maximum atomic E-state index is 14.2. The highest BCUT2D eigenvalue weighted by atomic mass is 19.2. The van der Waals surface area contributed by atoms with Crippen LogP contribution < -0.4 is 11.1 Å². The molecular formula is C25H15F3N2O4. The van der Waals surface area contributed by atoms with Gasteiger partial charge in [-0.2, -0.15) is 0 Å². The first-order chi connectivity index (χ1) is 16.3. The highest BCUT2D eigenvalue weighted by Gasteiger charge is 2.32. The Balaban J connectivity index is 1.94. The third kappa shape index (κ3) is 3.21. The van der Waals surface area contributed by atoms with Gasteiger partial charge in [0.2, 0.25) is 0 Å². The summed E-state index contributed by atoms with van der Waals surface area (Å²) in [5, 5.41) is 22.5.